The minimum Gasteiger partial charge on any atom is -0.320 e. The van der Waals surface area contributed by atoms with Crippen molar-refractivity contribution < 1.29 is 4.39 Å². The average Bonchev–Trinajstić information content (AvgIpc) is 2.26. The number of hydrogen-bond donors (Lipinski definition) is 1. The van der Waals surface area contributed by atoms with Crippen LogP contribution in [-0.4, -0.2) is 0 Å². The van der Waals surface area contributed by atoms with Crippen LogP contribution in [0.2, 0.25) is 10.0 Å². The molecular weight excluding hydrogens is 260 g/mol. The Morgan fingerprint density at radius 2 is 1.59 bits per heavy atom. The number of rotatable bonds is 2. The Bertz CT molecular complexity index is 522. The molecule has 0 fully saturated rings. The van der Waals surface area contributed by atoms with Crippen LogP contribution in [0, 0.1) is 5.82 Å². The summed E-state index contributed by atoms with van der Waals surface area (Å²) in [5.41, 5.74) is 7.48. The first-order chi connectivity index (χ1) is 8.06. The van der Waals surface area contributed by atoms with E-state index in [1.54, 1.807) is 30.3 Å². The molecule has 0 aliphatic rings. The summed E-state index contributed by atoms with van der Waals surface area (Å²) in [5.74, 6) is -0.314. The molecule has 4 heteroatoms. The van der Waals surface area contributed by atoms with Crippen LogP contribution in [0.1, 0.15) is 17.2 Å². The molecule has 2 rings (SSSR count). The molecule has 0 aliphatic carbocycles. The maximum Gasteiger partial charge on any atom is 0.123 e. The van der Waals surface area contributed by atoms with Crippen molar-refractivity contribution in [3.63, 3.8) is 0 Å². The third-order valence-corrected chi connectivity index (χ3v) is 2.89. The van der Waals surface area contributed by atoms with Crippen molar-refractivity contribution in [2.75, 3.05) is 0 Å². The van der Waals surface area contributed by atoms with E-state index in [1.165, 1.54) is 12.1 Å². The van der Waals surface area contributed by atoms with Gasteiger partial charge in [0.1, 0.15) is 5.82 Å². The van der Waals surface area contributed by atoms with E-state index in [0.717, 1.165) is 5.56 Å². The minimum absolute atomic E-state index is 0.314. The summed E-state index contributed by atoms with van der Waals surface area (Å²) in [7, 11) is 0. The van der Waals surface area contributed by atoms with Gasteiger partial charge >= 0.3 is 0 Å². The minimum atomic E-state index is -0.443. The molecule has 0 saturated carbocycles. The van der Waals surface area contributed by atoms with Crippen molar-refractivity contribution in [2.24, 2.45) is 5.73 Å². The standard InChI is InChI=1S/C13H10Cl2FN/c14-10-4-9(5-11(15)7-10)13(17)8-2-1-3-12(16)6-8/h1-7,13H,17H2. The van der Waals surface area contributed by atoms with Gasteiger partial charge in [0.05, 0.1) is 6.04 Å². The zero-order valence-electron chi connectivity index (χ0n) is 8.83. The van der Waals surface area contributed by atoms with Gasteiger partial charge in [-0.15, -0.1) is 0 Å². The molecule has 0 amide bonds. The fourth-order valence-electron chi connectivity index (χ4n) is 1.65. The summed E-state index contributed by atoms with van der Waals surface area (Å²) in [6.07, 6.45) is 0. The maximum atomic E-state index is 13.1. The molecule has 0 aliphatic heterocycles. The Labute approximate surface area is 109 Å². The first-order valence-electron chi connectivity index (χ1n) is 5.03. The lowest BCUT2D eigenvalue weighted by atomic mass is 10.00. The Kier molecular flexibility index (Phi) is 3.67. The third-order valence-electron chi connectivity index (χ3n) is 2.45. The molecule has 2 N–H and O–H groups in total. The third kappa shape index (κ3) is 2.97. The lowest BCUT2D eigenvalue weighted by Crippen LogP contribution is -2.12. The molecule has 88 valence electrons. The predicted octanol–water partition coefficient (Wildman–Crippen LogP) is 4.18. The fraction of sp³-hybridized carbons (Fsp3) is 0.0769. The second kappa shape index (κ2) is 5.05. The summed E-state index contributed by atoms with van der Waals surface area (Å²) in [6, 6.07) is 10.8. The second-order valence-corrected chi connectivity index (χ2v) is 4.61. The van der Waals surface area contributed by atoms with Gasteiger partial charge in [-0.25, -0.2) is 4.39 Å². The molecule has 0 bridgehead atoms. The van der Waals surface area contributed by atoms with Crippen LogP contribution in [0.15, 0.2) is 42.5 Å². The molecule has 2 aromatic rings. The normalized spacial score (nSPS) is 12.5. The van der Waals surface area contributed by atoms with Crippen molar-refractivity contribution in [3.8, 4) is 0 Å². The van der Waals surface area contributed by atoms with E-state index < -0.39 is 6.04 Å². The van der Waals surface area contributed by atoms with Gasteiger partial charge in [-0.1, -0.05) is 35.3 Å². The monoisotopic (exact) mass is 269 g/mol. The zero-order valence-corrected chi connectivity index (χ0v) is 10.3. The van der Waals surface area contributed by atoms with Gasteiger partial charge in [-0.3, -0.25) is 0 Å². The van der Waals surface area contributed by atoms with Gasteiger partial charge in [0, 0.05) is 10.0 Å². The van der Waals surface area contributed by atoms with Gasteiger partial charge in [0.25, 0.3) is 0 Å². The SMILES string of the molecule is NC(c1cccc(F)c1)c1cc(Cl)cc(Cl)c1. The van der Waals surface area contributed by atoms with Crippen molar-refractivity contribution in [1.29, 1.82) is 0 Å². The maximum absolute atomic E-state index is 13.1. The van der Waals surface area contributed by atoms with E-state index in [2.05, 4.69) is 0 Å². The van der Waals surface area contributed by atoms with Gasteiger partial charge in [-0.05, 0) is 41.5 Å². The highest BCUT2D eigenvalue weighted by molar-refractivity contribution is 6.34. The summed E-state index contributed by atoms with van der Waals surface area (Å²) in [5, 5.41) is 1.03. The van der Waals surface area contributed by atoms with E-state index >= 15 is 0 Å². The smallest absolute Gasteiger partial charge is 0.123 e. The van der Waals surface area contributed by atoms with Crippen molar-refractivity contribution in [2.45, 2.75) is 6.04 Å². The Morgan fingerprint density at radius 1 is 0.941 bits per heavy atom. The quantitative estimate of drug-likeness (QED) is 0.870. The van der Waals surface area contributed by atoms with Gasteiger partial charge in [-0.2, -0.15) is 0 Å². The van der Waals surface area contributed by atoms with Gasteiger partial charge in [0.15, 0.2) is 0 Å². The largest absolute Gasteiger partial charge is 0.320 e. The van der Waals surface area contributed by atoms with Crippen LogP contribution in [0.4, 0.5) is 4.39 Å². The molecule has 1 atom stereocenters. The molecule has 0 saturated heterocycles. The van der Waals surface area contributed by atoms with Crippen LogP contribution in [0.3, 0.4) is 0 Å². The Balaban J connectivity index is 2.39. The molecule has 2 aromatic carbocycles. The van der Waals surface area contributed by atoms with Crippen molar-refractivity contribution in [1.82, 2.24) is 0 Å². The topological polar surface area (TPSA) is 26.0 Å². The average molecular weight is 270 g/mol. The van der Waals surface area contributed by atoms with Crippen LogP contribution >= 0.6 is 23.2 Å². The van der Waals surface area contributed by atoms with E-state index in [-0.39, 0.29) is 5.82 Å². The lowest BCUT2D eigenvalue weighted by Gasteiger charge is -2.13. The van der Waals surface area contributed by atoms with Crippen LogP contribution in [0.5, 0.6) is 0 Å². The van der Waals surface area contributed by atoms with Gasteiger partial charge < -0.3 is 5.73 Å². The second-order valence-electron chi connectivity index (χ2n) is 3.74. The van der Waals surface area contributed by atoms with E-state index in [9.17, 15) is 4.39 Å². The molecule has 0 aromatic heterocycles. The highest BCUT2D eigenvalue weighted by atomic mass is 35.5. The number of hydrogen-bond acceptors (Lipinski definition) is 1. The van der Waals surface area contributed by atoms with E-state index in [0.29, 0.717) is 15.6 Å². The summed E-state index contributed by atoms with van der Waals surface area (Å²) in [6.45, 7) is 0. The van der Waals surface area contributed by atoms with Crippen LogP contribution in [-0.2, 0) is 0 Å². The van der Waals surface area contributed by atoms with E-state index in [4.69, 9.17) is 28.9 Å². The van der Waals surface area contributed by atoms with Crippen molar-refractivity contribution in [3.05, 3.63) is 69.5 Å². The number of halogens is 3. The molecule has 0 radical (unpaired) electrons. The Morgan fingerprint density at radius 3 is 2.18 bits per heavy atom. The predicted molar refractivity (Wildman–Crippen MR) is 68.9 cm³/mol. The molecule has 1 nitrogen and oxygen atoms in total. The molecule has 1 unspecified atom stereocenters. The highest BCUT2D eigenvalue weighted by Crippen LogP contribution is 2.26. The fourth-order valence-corrected chi connectivity index (χ4v) is 2.19. The molecular formula is C13H10Cl2FN. The van der Waals surface area contributed by atoms with Gasteiger partial charge in [0.2, 0.25) is 0 Å². The summed E-state index contributed by atoms with van der Waals surface area (Å²) < 4.78 is 13.1. The Hall–Kier alpha value is -1.09. The first kappa shape index (κ1) is 12.4. The number of benzene rings is 2. The zero-order chi connectivity index (χ0) is 12.4. The van der Waals surface area contributed by atoms with Crippen LogP contribution < -0.4 is 5.73 Å². The highest BCUT2D eigenvalue weighted by Gasteiger charge is 2.11. The molecule has 17 heavy (non-hydrogen) atoms. The van der Waals surface area contributed by atoms with E-state index in [1.807, 2.05) is 0 Å². The summed E-state index contributed by atoms with van der Waals surface area (Å²) >= 11 is 11.8. The molecule has 0 heterocycles. The number of nitrogens with two attached hydrogens (primary N) is 1. The van der Waals surface area contributed by atoms with Crippen LogP contribution in [0.25, 0.3) is 0 Å². The molecule has 0 spiro atoms. The van der Waals surface area contributed by atoms with Crippen molar-refractivity contribution >= 4 is 23.2 Å². The lowest BCUT2D eigenvalue weighted by molar-refractivity contribution is 0.623. The summed E-state index contributed by atoms with van der Waals surface area (Å²) in [4.78, 5) is 0. The first-order valence-corrected chi connectivity index (χ1v) is 5.79.